The Balaban J connectivity index is 2.97. The predicted molar refractivity (Wildman–Crippen MR) is 60.2 cm³/mol. The van der Waals surface area contributed by atoms with Crippen LogP contribution in [0.3, 0.4) is 0 Å². The third kappa shape index (κ3) is 3.31. The fourth-order valence-electron chi connectivity index (χ4n) is 1.20. The highest BCUT2D eigenvalue weighted by atomic mass is 16.5. The number of hydrogen-bond acceptors (Lipinski definition) is 3. The summed E-state index contributed by atoms with van der Waals surface area (Å²) < 4.78 is 10.0. The zero-order chi connectivity index (χ0) is 12.0. The molecule has 0 heterocycles. The van der Waals surface area contributed by atoms with Crippen LogP contribution in [-0.2, 0) is 9.53 Å². The molecule has 0 atom stereocenters. The van der Waals surface area contributed by atoms with Gasteiger partial charge < -0.3 is 14.6 Å². The van der Waals surface area contributed by atoms with Crippen molar-refractivity contribution >= 4 is 12.0 Å². The maximum absolute atomic E-state index is 10.8. The number of carboxylic acid groups (broad SMARTS) is 1. The normalized spacial score (nSPS) is 11.0. The average molecular weight is 222 g/mol. The van der Waals surface area contributed by atoms with Gasteiger partial charge in [0.05, 0.1) is 13.7 Å². The van der Waals surface area contributed by atoms with Crippen molar-refractivity contribution in [3.63, 3.8) is 0 Å². The molecule has 0 saturated heterocycles. The van der Waals surface area contributed by atoms with E-state index in [1.54, 1.807) is 38.3 Å². The van der Waals surface area contributed by atoms with E-state index in [0.717, 1.165) is 5.56 Å². The Morgan fingerprint density at radius 2 is 2.25 bits per heavy atom. The second kappa shape index (κ2) is 5.80. The summed E-state index contributed by atoms with van der Waals surface area (Å²) in [5.41, 5.74) is 0.727. The van der Waals surface area contributed by atoms with Crippen LogP contribution in [0.15, 0.2) is 30.0 Å². The van der Waals surface area contributed by atoms with Crippen molar-refractivity contribution in [2.24, 2.45) is 0 Å². The van der Waals surface area contributed by atoms with Gasteiger partial charge in [-0.15, -0.1) is 0 Å². The van der Waals surface area contributed by atoms with Gasteiger partial charge in [0.15, 0.2) is 0 Å². The molecule has 0 aromatic heterocycles. The quantitative estimate of drug-likeness (QED) is 0.612. The van der Waals surface area contributed by atoms with Gasteiger partial charge in [-0.3, -0.25) is 0 Å². The van der Waals surface area contributed by atoms with Crippen molar-refractivity contribution in [2.45, 2.75) is 6.92 Å². The number of carboxylic acids is 1. The molecular weight excluding hydrogens is 208 g/mol. The van der Waals surface area contributed by atoms with E-state index in [2.05, 4.69) is 0 Å². The predicted octanol–water partition coefficient (Wildman–Crippen LogP) is 2.16. The van der Waals surface area contributed by atoms with Gasteiger partial charge >= 0.3 is 5.97 Å². The topological polar surface area (TPSA) is 55.8 Å². The SMILES string of the molecule is CCOC(=Cc1cccc(OC)c1)C(=O)O. The van der Waals surface area contributed by atoms with Crippen molar-refractivity contribution in [3.8, 4) is 5.75 Å². The molecule has 0 aliphatic rings. The van der Waals surface area contributed by atoms with Crippen molar-refractivity contribution in [2.75, 3.05) is 13.7 Å². The van der Waals surface area contributed by atoms with E-state index in [9.17, 15) is 4.79 Å². The largest absolute Gasteiger partial charge is 0.497 e. The number of benzene rings is 1. The molecule has 1 aromatic rings. The van der Waals surface area contributed by atoms with Gasteiger partial charge in [-0.2, -0.15) is 0 Å². The van der Waals surface area contributed by atoms with E-state index in [0.29, 0.717) is 12.4 Å². The number of methoxy groups -OCH3 is 1. The molecule has 0 saturated carbocycles. The van der Waals surface area contributed by atoms with Gasteiger partial charge in [0.25, 0.3) is 0 Å². The lowest BCUT2D eigenvalue weighted by Gasteiger charge is -2.04. The Labute approximate surface area is 94.1 Å². The first-order valence-corrected chi connectivity index (χ1v) is 4.89. The minimum atomic E-state index is -1.08. The van der Waals surface area contributed by atoms with Gasteiger partial charge in [-0.25, -0.2) is 4.79 Å². The van der Waals surface area contributed by atoms with Gasteiger partial charge in [0.2, 0.25) is 5.76 Å². The molecule has 0 aliphatic heterocycles. The van der Waals surface area contributed by atoms with Crippen LogP contribution in [0.25, 0.3) is 6.08 Å². The van der Waals surface area contributed by atoms with E-state index in [1.807, 2.05) is 0 Å². The maximum atomic E-state index is 10.8. The van der Waals surface area contributed by atoms with E-state index in [1.165, 1.54) is 6.08 Å². The van der Waals surface area contributed by atoms with Gasteiger partial charge in [0.1, 0.15) is 5.75 Å². The van der Waals surface area contributed by atoms with Gasteiger partial charge in [-0.1, -0.05) is 12.1 Å². The summed E-state index contributed by atoms with van der Waals surface area (Å²) in [5, 5.41) is 8.87. The van der Waals surface area contributed by atoms with Gasteiger partial charge in [0, 0.05) is 0 Å². The van der Waals surface area contributed by atoms with Crippen LogP contribution in [-0.4, -0.2) is 24.8 Å². The lowest BCUT2D eigenvalue weighted by molar-refractivity contribution is -0.136. The van der Waals surface area contributed by atoms with Crippen LogP contribution in [0.4, 0.5) is 0 Å². The molecule has 1 aromatic carbocycles. The summed E-state index contributed by atoms with van der Waals surface area (Å²) in [6.07, 6.45) is 1.47. The first-order valence-electron chi connectivity index (χ1n) is 4.89. The van der Waals surface area contributed by atoms with Crippen LogP contribution in [0.5, 0.6) is 5.75 Å². The standard InChI is InChI=1S/C12H14O4/c1-3-16-11(12(13)14)8-9-5-4-6-10(7-9)15-2/h4-8H,3H2,1-2H3,(H,13,14). The van der Waals surface area contributed by atoms with E-state index < -0.39 is 5.97 Å². The lowest BCUT2D eigenvalue weighted by atomic mass is 10.2. The Morgan fingerprint density at radius 3 is 2.81 bits per heavy atom. The third-order valence-corrected chi connectivity index (χ3v) is 1.90. The number of aliphatic carboxylic acids is 1. The van der Waals surface area contributed by atoms with Crippen LogP contribution >= 0.6 is 0 Å². The highest BCUT2D eigenvalue weighted by Gasteiger charge is 2.07. The first-order chi connectivity index (χ1) is 7.67. The Hall–Kier alpha value is -1.97. The van der Waals surface area contributed by atoms with Crippen molar-refractivity contribution in [3.05, 3.63) is 35.6 Å². The maximum Gasteiger partial charge on any atom is 0.371 e. The molecule has 0 aliphatic carbocycles. The lowest BCUT2D eigenvalue weighted by Crippen LogP contribution is -2.04. The summed E-state index contributed by atoms with van der Waals surface area (Å²) in [6, 6.07) is 7.10. The highest BCUT2D eigenvalue weighted by molar-refractivity contribution is 5.89. The molecule has 0 amide bonds. The van der Waals surface area contributed by atoms with E-state index in [-0.39, 0.29) is 5.76 Å². The fourth-order valence-corrected chi connectivity index (χ4v) is 1.20. The highest BCUT2D eigenvalue weighted by Crippen LogP contribution is 2.15. The summed E-state index contributed by atoms with van der Waals surface area (Å²) in [6.45, 7) is 2.06. The molecule has 0 spiro atoms. The third-order valence-electron chi connectivity index (χ3n) is 1.90. The summed E-state index contributed by atoms with van der Waals surface area (Å²) in [4.78, 5) is 10.8. The van der Waals surface area contributed by atoms with Crippen LogP contribution in [0.2, 0.25) is 0 Å². The number of carbonyl (C=O) groups is 1. The molecule has 86 valence electrons. The number of ether oxygens (including phenoxy) is 2. The molecule has 4 heteroatoms. The molecule has 0 fully saturated rings. The second-order valence-electron chi connectivity index (χ2n) is 3.02. The Morgan fingerprint density at radius 1 is 1.50 bits per heavy atom. The number of hydrogen-bond donors (Lipinski definition) is 1. The molecule has 0 radical (unpaired) electrons. The zero-order valence-electron chi connectivity index (χ0n) is 9.27. The molecule has 4 nitrogen and oxygen atoms in total. The van der Waals surface area contributed by atoms with E-state index in [4.69, 9.17) is 14.6 Å². The minimum absolute atomic E-state index is 0.0734. The summed E-state index contributed by atoms with van der Waals surface area (Å²) in [5.74, 6) is -0.476. The Kier molecular flexibility index (Phi) is 4.39. The van der Waals surface area contributed by atoms with E-state index >= 15 is 0 Å². The minimum Gasteiger partial charge on any atom is -0.497 e. The van der Waals surface area contributed by atoms with Crippen molar-refractivity contribution < 1.29 is 19.4 Å². The summed E-state index contributed by atoms with van der Waals surface area (Å²) in [7, 11) is 1.56. The molecule has 1 N–H and O–H groups in total. The monoisotopic (exact) mass is 222 g/mol. The molecular formula is C12H14O4. The molecule has 0 unspecified atom stereocenters. The van der Waals surface area contributed by atoms with Crippen molar-refractivity contribution in [1.29, 1.82) is 0 Å². The second-order valence-corrected chi connectivity index (χ2v) is 3.02. The molecule has 16 heavy (non-hydrogen) atoms. The van der Waals surface area contributed by atoms with Gasteiger partial charge in [-0.05, 0) is 30.7 Å². The van der Waals surface area contributed by atoms with Crippen molar-refractivity contribution in [1.82, 2.24) is 0 Å². The molecule has 0 bridgehead atoms. The number of rotatable bonds is 5. The zero-order valence-corrected chi connectivity index (χ0v) is 9.27. The molecule has 1 rings (SSSR count). The first kappa shape index (κ1) is 12.1. The van der Waals surface area contributed by atoms with Crippen LogP contribution < -0.4 is 4.74 Å². The fraction of sp³-hybridized carbons (Fsp3) is 0.250. The van der Waals surface area contributed by atoms with Crippen LogP contribution in [0, 0.1) is 0 Å². The Bertz CT molecular complexity index is 396. The smallest absolute Gasteiger partial charge is 0.371 e. The van der Waals surface area contributed by atoms with Crippen LogP contribution in [0.1, 0.15) is 12.5 Å². The average Bonchev–Trinajstić information content (AvgIpc) is 2.28. The summed E-state index contributed by atoms with van der Waals surface area (Å²) >= 11 is 0.